The fourth-order valence-electron chi connectivity index (χ4n) is 4.16. The van der Waals surface area contributed by atoms with Gasteiger partial charge in [0, 0.05) is 58.8 Å². The van der Waals surface area contributed by atoms with Crippen LogP contribution in [0.5, 0.6) is 0 Å². The van der Waals surface area contributed by atoms with Crippen LogP contribution in [0.15, 0.2) is 29.3 Å². The number of benzene rings is 1. The van der Waals surface area contributed by atoms with Crippen LogP contribution in [0.4, 0.5) is 0 Å². The number of hydrogen-bond donors (Lipinski definition) is 2. The number of piperazine rings is 1. The Balaban J connectivity index is 1.33. The van der Waals surface area contributed by atoms with E-state index in [1.54, 1.807) is 7.05 Å². The molecule has 1 heterocycles. The van der Waals surface area contributed by atoms with Gasteiger partial charge in [0.15, 0.2) is 5.96 Å². The molecular formula is C22H35N5O. The summed E-state index contributed by atoms with van der Waals surface area (Å²) >= 11 is 0. The van der Waals surface area contributed by atoms with E-state index in [1.165, 1.54) is 24.0 Å². The molecule has 0 spiro atoms. The van der Waals surface area contributed by atoms with Gasteiger partial charge in [0.05, 0.1) is 0 Å². The van der Waals surface area contributed by atoms with E-state index in [0.29, 0.717) is 11.8 Å². The molecule has 1 aliphatic heterocycles. The molecule has 2 aliphatic rings. The minimum atomic E-state index is 0.302. The maximum Gasteiger partial charge on any atom is 0.225 e. The van der Waals surface area contributed by atoms with Crippen LogP contribution in [0.2, 0.25) is 0 Å². The predicted octanol–water partition coefficient (Wildman–Crippen LogP) is 1.99. The summed E-state index contributed by atoms with van der Waals surface area (Å²) in [4.78, 5) is 21.4. The quantitative estimate of drug-likeness (QED) is 0.581. The van der Waals surface area contributed by atoms with Crippen LogP contribution in [0.3, 0.4) is 0 Å². The largest absolute Gasteiger partial charge is 0.355 e. The fourth-order valence-corrected chi connectivity index (χ4v) is 4.16. The second-order valence-electron chi connectivity index (χ2n) is 7.93. The minimum Gasteiger partial charge on any atom is -0.355 e. The lowest BCUT2D eigenvalue weighted by atomic mass is 10.1. The molecule has 2 N–H and O–H groups in total. The normalized spacial score (nSPS) is 19.1. The minimum absolute atomic E-state index is 0.302. The van der Waals surface area contributed by atoms with Gasteiger partial charge in [-0.1, -0.05) is 37.1 Å². The smallest absolute Gasteiger partial charge is 0.225 e. The van der Waals surface area contributed by atoms with Crippen molar-refractivity contribution >= 4 is 11.9 Å². The first-order chi connectivity index (χ1) is 13.7. The summed E-state index contributed by atoms with van der Waals surface area (Å²) in [5.41, 5.74) is 2.57. The zero-order valence-electron chi connectivity index (χ0n) is 17.4. The van der Waals surface area contributed by atoms with Gasteiger partial charge >= 0.3 is 0 Å². The highest BCUT2D eigenvalue weighted by Crippen LogP contribution is 2.26. The molecule has 154 valence electrons. The Morgan fingerprint density at radius 2 is 1.82 bits per heavy atom. The molecule has 0 atom stereocenters. The van der Waals surface area contributed by atoms with E-state index in [4.69, 9.17) is 0 Å². The number of hydrogen-bond acceptors (Lipinski definition) is 3. The monoisotopic (exact) mass is 385 g/mol. The van der Waals surface area contributed by atoms with Crippen LogP contribution in [-0.2, 0) is 11.3 Å². The van der Waals surface area contributed by atoms with E-state index >= 15 is 0 Å². The molecule has 1 saturated heterocycles. The highest BCUT2D eigenvalue weighted by Gasteiger charge is 2.29. The number of nitrogens with zero attached hydrogens (tertiary/aromatic N) is 3. The van der Waals surface area contributed by atoms with E-state index in [0.717, 1.165) is 64.6 Å². The summed E-state index contributed by atoms with van der Waals surface area (Å²) in [7, 11) is 1.81. The van der Waals surface area contributed by atoms with E-state index in [2.05, 4.69) is 56.6 Å². The highest BCUT2D eigenvalue weighted by molar-refractivity contribution is 5.80. The van der Waals surface area contributed by atoms with E-state index in [1.807, 2.05) is 0 Å². The Morgan fingerprint density at radius 3 is 2.50 bits per heavy atom. The number of carbonyl (C=O) groups is 1. The number of guanidine groups is 1. The van der Waals surface area contributed by atoms with Crippen molar-refractivity contribution in [1.82, 2.24) is 20.4 Å². The van der Waals surface area contributed by atoms with Crippen LogP contribution >= 0.6 is 0 Å². The van der Waals surface area contributed by atoms with Crippen LogP contribution < -0.4 is 10.6 Å². The molecule has 6 heteroatoms. The van der Waals surface area contributed by atoms with Crippen molar-refractivity contribution in [3.05, 3.63) is 35.4 Å². The third-order valence-electron chi connectivity index (χ3n) is 6.04. The first-order valence-electron chi connectivity index (χ1n) is 10.7. The lowest BCUT2D eigenvalue weighted by Gasteiger charge is -2.36. The second-order valence-corrected chi connectivity index (χ2v) is 7.93. The Morgan fingerprint density at radius 1 is 1.11 bits per heavy atom. The lowest BCUT2D eigenvalue weighted by molar-refractivity contribution is -0.137. The summed E-state index contributed by atoms with van der Waals surface area (Å²) in [6.45, 7) is 8.40. The van der Waals surface area contributed by atoms with Gasteiger partial charge in [-0.05, 0) is 30.9 Å². The van der Waals surface area contributed by atoms with Gasteiger partial charge in [-0.2, -0.15) is 0 Å². The molecule has 1 aromatic rings. The molecule has 3 rings (SSSR count). The molecule has 6 nitrogen and oxygen atoms in total. The molecule has 1 aromatic carbocycles. The maximum atomic E-state index is 12.5. The van der Waals surface area contributed by atoms with Crippen molar-refractivity contribution in [1.29, 1.82) is 0 Å². The molecule has 1 saturated carbocycles. The van der Waals surface area contributed by atoms with E-state index < -0.39 is 0 Å². The summed E-state index contributed by atoms with van der Waals surface area (Å²) in [5, 5.41) is 6.79. The Bertz CT molecular complexity index is 661. The third kappa shape index (κ3) is 5.71. The number of aryl methyl sites for hydroxylation is 1. The zero-order valence-corrected chi connectivity index (χ0v) is 17.4. The molecule has 0 bridgehead atoms. The molecular weight excluding hydrogens is 350 g/mol. The predicted molar refractivity (Wildman–Crippen MR) is 114 cm³/mol. The van der Waals surface area contributed by atoms with Gasteiger partial charge in [-0.25, -0.2) is 0 Å². The van der Waals surface area contributed by atoms with Crippen LogP contribution in [0.25, 0.3) is 0 Å². The molecule has 0 radical (unpaired) electrons. The Hall–Kier alpha value is -2.08. The molecule has 1 aliphatic carbocycles. The van der Waals surface area contributed by atoms with Gasteiger partial charge in [0.1, 0.15) is 0 Å². The average Bonchev–Trinajstić information content (AvgIpc) is 3.26. The Labute approximate surface area is 169 Å². The van der Waals surface area contributed by atoms with Crippen molar-refractivity contribution < 1.29 is 4.79 Å². The van der Waals surface area contributed by atoms with Gasteiger partial charge in [-0.3, -0.25) is 14.7 Å². The highest BCUT2D eigenvalue weighted by atomic mass is 16.2. The van der Waals surface area contributed by atoms with Gasteiger partial charge in [0.2, 0.25) is 5.91 Å². The Kier molecular flexibility index (Phi) is 7.71. The van der Waals surface area contributed by atoms with Crippen molar-refractivity contribution in [3.8, 4) is 0 Å². The molecule has 28 heavy (non-hydrogen) atoms. The second kappa shape index (κ2) is 10.5. The van der Waals surface area contributed by atoms with Crippen molar-refractivity contribution in [3.63, 3.8) is 0 Å². The third-order valence-corrected chi connectivity index (χ3v) is 6.04. The number of carbonyl (C=O) groups excluding carboxylic acids is 1. The van der Waals surface area contributed by atoms with Crippen LogP contribution in [0, 0.1) is 12.8 Å². The van der Waals surface area contributed by atoms with Gasteiger partial charge in [0.25, 0.3) is 0 Å². The van der Waals surface area contributed by atoms with Gasteiger partial charge < -0.3 is 15.5 Å². The van der Waals surface area contributed by atoms with Crippen molar-refractivity contribution in [2.45, 2.75) is 39.2 Å². The topological polar surface area (TPSA) is 60.0 Å². The molecule has 0 unspecified atom stereocenters. The molecule has 0 aromatic heterocycles. The van der Waals surface area contributed by atoms with Crippen LogP contribution in [0.1, 0.15) is 36.8 Å². The van der Waals surface area contributed by atoms with Gasteiger partial charge in [-0.15, -0.1) is 0 Å². The maximum absolute atomic E-state index is 12.5. The standard InChI is InChI=1S/C22H35N5O/c1-18-7-3-4-10-20(18)17-25-22(23-2)24-11-12-26-13-15-27(16-14-26)21(28)19-8-5-6-9-19/h3-4,7,10,19H,5-6,8-9,11-17H2,1-2H3,(H2,23,24,25). The summed E-state index contributed by atoms with van der Waals surface area (Å²) in [5.74, 6) is 1.53. The molecule has 2 fully saturated rings. The molecule has 1 amide bonds. The number of amides is 1. The van der Waals surface area contributed by atoms with Crippen molar-refractivity contribution in [2.75, 3.05) is 46.3 Å². The van der Waals surface area contributed by atoms with Crippen LogP contribution in [-0.4, -0.2) is 68.0 Å². The first kappa shape index (κ1) is 20.6. The SMILES string of the molecule is CN=C(NCCN1CCN(C(=O)C2CCCC2)CC1)NCc1ccccc1C. The number of aliphatic imine (C=N–C) groups is 1. The summed E-state index contributed by atoms with van der Waals surface area (Å²) in [6, 6.07) is 8.40. The lowest BCUT2D eigenvalue weighted by Crippen LogP contribution is -2.51. The zero-order chi connectivity index (χ0) is 19.8. The first-order valence-corrected chi connectivity index (χ1v) is 10.7. The van der Waals surface area contributed by atoms with Crippen molar-refractivity contribution in [2.24, 2.45) is 10.9 Å². The number of nitrogens with one attached hydrogen (secondary N) is 2. The number of rotatable bonds is 6. The van der Waals surface area contributed by atoms with E-state index in [9.17, 15) is 4.79 Å². The van der Waals surface area contributed by atoms with E-state index in [-0.39, 0.29) is 0 Å². The average molecular weight is 386 g/mol. The summed E-state index contributed by atoms with van der Waals surface area (Å²) < 4.78 is 0. The fraction of sp³-hybridized carbons (Fsp3) is 0.636. The summed E-state index contributed by atoms with van der Waals surface area (Å²) in [6.07, 6.45) is 4.64.